The van der Waals surface area contributed by atoms with E-state index in [9.17, 15) is 0 Å². The van der Waals surface area contributed by atoms with Gasteiger partial charge in [0.1, 0.15) is 5.75 Å². The first-order valence-electron chi connectivity index (χ1n) is 10.6. The third-order valence-electron chi connectivity index (χ3n) is 4.86. The second-order valence-corrected chi connectivity index (χ2v) is 7.84. The van der Waals surface area contributed by atoms with Gasteiger partial charge in [-0.1, -0.05) is 12.1 Å². The van der Waals surface area contributed by atoms with Gasteiger partial charge in [-0.2, -0.15) is 5.10 Å². The minimum absolute atomic E-state index is 0. The van der Waals surface area contributed by atoms with Crippen molar-refractivity contribution in [1.82, 2.24) is 20.4 Å². The number of aryl methyl sites for hydroxylation is 2. The average molecular weight is 527 g/mol. The van der Waals surface area contributed by atoms with Crippen molar-refractivity contribution in [2.24, 2.45) is 12.0 Å². The van der Waals surface area contributed by atoms with Gasteiger partial charge in [0.05, 0.1) is 11.8 Å². The maximum absolute atomic E-state index is 5.70. The zero-order valence-electron chi connectivity index (χ0n) is 19.5. The van der Waals surface area contributed by atoms with Crippen LogP contribution in [0.15, 0.2) is 29.3 Å². The lowest BCUT2D eigenvalue weighted by molar-refractivity contribution is 0.242. The van der Waals surface area contributed by atoms with Crippen molar-refractivity contribution in [3.8, 4) is 5.75 Å². The molecular formula is C23H38IN5O. The van der Waals surface area contributed by atoms with Crippen LogP contribution < -0.4 is 15.4 Å². The fourth-order valence-electron chi connectivity index (χ4n) is 3.33. The van der Waals surface area contributed by atoms with Crippen molar-refractivity contribution in [2.45, 2.75) is 66.5 Å². The number of rotatable bonds is 9. The molecule has 1 aromatic heterocycles. The molecule has 1 aromatic carbocycles. The zero-order chi connectivity index (χ0) is 21.4. The van der Waals surface area contributed by atoms with Crippen molar-refractivity contribution >= 4 is 29.9 Å². The highest BCUT2D eigenvalue weighted by atomic mass is 127. The second-order valence-electron chi connectivity index (χ2n) is 7.84. The highest BCUT2D eigenvalue weighted by molar-refractivity contribution is 14.0. The molecule has 0 spiro atoms. The van der Waals surface area contributed by atoms with Gasteiger partial charge in [0.2, 0.25) is 0 Å². The lowest BCUT2D eigenvalue weighted by atomic mass is 10.1. The summed E-state index contributed by atoms with van der Waals surface area (Å²) in [7, 11) is 2.00. The monoisotopic (exact) mass is 527 g/mol. The molecule has 7 heteroatoms. The van der Waals surface area contributed by atoms with Crippen LogP contribution in [0.5, 0.6) is 5.75 Å². The van der Waals surface area contributed by atoms with Crippen LogP contribution in [0, 0.1) is 13.8 Å². The SMILES string of the molecule is CCNC(=NCCc1ccc(OC(C)C)cc1)NC(C)Cc1c(C)nn(C)c1C.I. The molecular weight excluding hydrogens is 489 g/mol. The summed E-state index contributed by atoms with van der Waals surface area (Å²) in [6, 6.07) is 8.56. The molecule has 0 fully saturated rings. The average Bonchev–Trinajstić information content (AvgIpc) is 2.89. The van der Waals surface area contributed by atoms with Gasteiger partial charge in [0, 0.05) is 31.9 Å². The summed E-state index contributed by atoms with van der Waals surface area (Å²) in [5.74, 6) is 1.77. The van der Waals surface area contributed by atoms with Gasteiger partial charge in [0.25, 0.3) is 0 Å². The largest absolute Gasteiger partial charge is 0.491 e. The molecule has 0 aliphatic heterocycles. The molecule has 1 atom stereocenters. The Balaban J connectivity index is 0.00000450. The Morgan fingerprint density at radius 3 is 2.37 bits per heavy atom. The molecule has 30 heavy (non-hydrogen) atoms. The minimum atomic E-state index is 0. The maximum atomic E-state index is 5.70. The summed E-state index contributed by atoms with van der Waals surface area (Å²) in [6.07, 6.45) is 2.02. The van der Waals surface area contributed by atoms with Crippen LogP contribution in [0.1, 0.15) is 50.2 Å². The van der Waals surface area contributed by atoms with E-state index in [4.69, 9.17) is 9.73 Å². The Bertz CT molecular complexity index is 799. The summed E-state index contributed by atoms with van der Waals surface area (Å²) in [6.45, 7) is 14.1. The Morgan fingerprint density at radius 1 is 1.17 bits per heavy atom. The van der Waals surface area contributed by atoms with Crippen LogP contribution in [-0.2, 0) is 19.9 Å². The summed E-state index contributed by atoms with van der Waals surface area (Å²) in [4.78, 5) is 4.75. The van der Waals surface area contributed by atoms with Crippen LogP contribution in [-0.4, -0.2) is 41.0 Å². The zero-order valence-corrected chi connectivity index (χ0v) is 21.8. The van der Waals surface area contributed by atoms with E-state index in [1.165, 1.54) is 16.8 Å². The maximum Gasteiger partial charge on any atom is 0.191 e. The Labute approximate surface area is 198 Å². The number of ether oxygens (including phenoxy) is 1. The van der Waals surface area contributed by atoms with Gasteiger partial charge >= 0.3 is 0 Å². The first-order chi connectivity index (χ1) is 13.8. The molecule has 0 aliphatic carbocycles. The fourth-order valence-corrected chi connectivity index (χ4v) is 3.33. The van der Waals surface area contributed by atoms with E-state index in [0.717, 1.165) is 43.3 Å². The van der Waals surface area contributed by atoms with E-state index in [-0.39, 0.29) is 36.1 Å². The smallest absolute Gasteiger partial charge is 0.191 e. The molecule has 2 rings (SSSR count). The predicted molar refractivity (Wildman–Crippen MR) is 136 cm³/mol. The molecule has 1 unspecified atom stereocenters. The van der Waals surface area contributed by atoms with Gasteiger partial charge in [-0.05, 0) is 77.6 Å². The number of halogens is 1. The number of hydrogen-bond donors (Lipinski definition) is 2. The number of guanidine groups is 1. The number of benzene rings is 1. The van der Waals surface area contributed by atoms with Crippen molar-refractivity contribution in [3.63, 3.8) is 0 Å². The van der Waals surface area contributed by atoms with Gasteiger partial charge in [-0.3, -0.25) is 9.67 Å². The van der Waals surface area contributed by atoms with E-state index in [1.807, 2.05) is 37.7 Å². The van der Waals surface area contributed by atoms with Gasteiger partial charge in [-0.15, -0.1) is 24.0 Å². The first-order valence-corrected chi connectivity index (χ1v) is 10.6. The summed E-state index contributed by atoms with van der Waals surface area (Å²) >= 11 is 0. The van der Waals surface area contributed by atoms with Crippen molar-refractivity contribution in [3.05, 3.63) is 46.8 Å². The molecule has 6 nitrogen and oxygen atoms in total. The van der Waals surface area contributed by atoms with Gasteiger partial charge in [0.15, 0.2) is 5.96 Å². The number of aliphatic imine (C=N–C) groups is 1. The molecule has 1 heterocycles. The van der Waals surface area contributed by atoms with Gasteiger partial charge in [-0.25, -0.2) is 0 Å². The van der Waals surface area contributed by atoms with Crippen molar-refractivity contribution in [2.75, 3.05) is 13.1 Å². The van der Waals surface area contributed by atoms with Crippen LogP contribution in [0.4, 0.5) is 0 Å². The topological polar surface area (TPSA) is 63.5 Å². The van der Waals surface area contributed by atoms with E-state index in [1.54, 1.807) is 0 Å². The molecule has 0 saturated carbocycles. The normalized spacial score (nSPS) is 12.5. The summed E-state index contributed by atoms with van der Waals surface area (Å²) < 4.78 is 7.65. The quantitative estimate of drug-likeness (QED) is 0.292. The number of hydrogen-bond acceptors (Lipinski definition) is 3. The van der Waals surface area contributed by atoms with Crippen LogP contribution in [0.3, 0.4) is 0 Å². The molecule has 2 aromatic rings. The lowest BCUT2D eigenvalue weighted by Crippen LogP contribution is -2.43. The van der Waals surface area contributed by atoms with Crippen LogP contribution in [0.25, 0.3) is 0 Å². The predicted octanol–water partition coefficient (Wildman–Crippen LogP) is 4.17. The van der Waals surface area contributed by atoms with E-state index >= 15 is 0 Å². The third-order valence-corrected chi connectivity index (χ3v) is 4.86. The lowest BCUT2D eigenvalue weighted by Gasteiger charge is -2.18. The fraction of sp³-hybridized carbons (Fsp3) is 0.565. The highest BCUT2D eigenvalue weighted by Gasteiger charge is 2.14. The number of nitrogens with zero attached hydrogens (tertiary/aromatic N) is 3. The standard InChI is InChI=1S/C23H37N5O.HI/c1-8-24-23(26-17(4)15-22-18(5)27-28(7)19(22)6)25-14-13-20-9-11-21(12-10-20)29-16(2)3;/h9-12,16-17H,8,13-15H2,1-7H3,(H2,24,25,26);1H. The highest BCUT2D eigenvalue weighted by Crippen LogP contribution is 2.15. The molecule has 168 valence electrons. The van der Waals surface area contributed by atoms with E-state index < -0.39 is 0 Å². The summed E-state index contributed by atoms with van der Waals surface area (Å²) in [5, 5.41) is 11.4. The molecule has 2 N–H and O–H groups in total. The van der Waals surface area contributed by atoms with Crippen LogP contribution in [0.2, 0.25) is 0 Å². The van der Waals surface area contributed by atoms with E-state index in [2.05, 4.69) is 55.6 Å². The molecule has 0 amide bonds. The first kappa shape index (κ1) is 26.3. The third kappa shape index (κ3) is 8.16. The Morgan fingerprint density at radius 2 is 1.83 bits per heavy atom. The van der Waals surface area contributed by atoms with Crippen molar-refractivity contribution < 1.29 is 4.74 Å². The molecule has 0 aliphatic rings. The Hall–Kier alpha value is -1.77. The molecule has 0 radical (unpaired) electrons. The number of aromatic nitrogens is 2. The second kappa shape index (κ2) is 12.8. The molecule has 0 saturated heterocycles. The van der Waals surface area contributed by atoms with E-state index in [0.29, 0.717) is 0 Å². The van der Waals surface area contributed by atoms with Gasteiger partial charge < -0.3 is 15.4 Å². The van der Waals surface area contributed by atoms with Crippen LogP contribution >= 0.6 is 24.0 Å². The minimum Gasteiger partial charge on any atom is -0.491 e. The number of nitrogens with one attached hydrogen (secondary N) is 2. The van der Waals surface area contributed by atoms with Crippen molar-refractivity contribution in [1.29, 1.82) is 0 Å². The Kier molecular flexibility index (Phi) is 11.2. The summed E-state index contributed by atoms with van der Waals surface area (Å²) in [5.41, 5.74) is 4.90. The molecule has 0 bridgehead atoms.